The minimum atomic E-state index is -4.80. The molecular weight excluding hydrogens is 401 g/mol. The third-order valence-corrected chi connectivity index (χ3v) is 3.90. The third-order valence-electron chi connectivity index (χ3n) is 3.90. The highest BCUT2D eigenvalue weighted by Gasteiger charge is 2.31. The van der Waals surface area contributed by atoms with Crippen LogP contribution in [0.4, 0.5) is 18.9 Å². The van der Waals surface area contributed by atoms with Gasteiger partial charge >= 0.3 is 6.36 Å². The van der Waals surface area contributed by atoms with Crippen LogP contribution in [0, 0.1) is 5.92 Å². The van der Waals surface area contributed by atoms with E-state index >= 15 is 0 Å². The summed E-state index contributed by atoms with van der Waals surface area (Å²) in [5.74, 6) is -0.984. The van der Waals surface area contributed by atoms with Crippen LogP contribution in [0.15, 0.2) is 42.5 Å². The van der Waals surface area contributed by atoms with Crippen LogP contribution in [0.25, 0.3) is 0 Å². The summed E-state index contributed by atoms with van der Waals surface area (Å²) in [4.78, 5) is 24.6. The molecule has 2 amide bonds. The van der Waals surface area contributed by atoms with E-state index in [1.165, 1.54) is 24.3 Å². The lowest BCUT2D eigenvalue weighted by Gasteiger charge is -2.14. The third kappa shape index (κ3) is 6.98. The molecule has 0 fully saturated rings. The van der Waals surface area contributed by atoms with E-state index in [4.69, 9.17) is 4.74 Å². The van der Waals surface area contributed by atoms with Crippen molar-refractivity contribution in [2.24, 2.45) is 5.92 Å². The van der Waals surface area contributed by atoms with E-state index in [1.807, 2.05) is 0 Å². The van der Waals surface area contributed by atoms with Gasteiger partial charge in [-0.1, -0.05) is 26.0 Å². The van der Waals surface area contributed by atoms with Crippen LogP contribution in [-0.4, -0.2) is 24.8 Å². The Morgan fingerprint density at radius 1 is 1.10 bits per heavy atom. The van der Waals surface area contributed by atoms with Gasteiger partial charge in [-0.2, -0.15) is 0 Å². The number of anilines is 1. The van der Waals surface area contributed by atoms with Crippen molar-refractivity contribution < 1.29 is 32.2 Å². The van der Waals surface area contributed by atoms with Crippen molar-refractivity contribution in [2.45, 2.75) is 33.7 Å². The summed E-state index contributed by atoms with van der Waals surface area (Å²) in [5.41, 5.74) is 1.05. The van der Waals surface area contributed by atoms with Crippen LogP contribution < -0.4 is 20.1 Å². The summed E-state index contributed by atoms with van der Waals surface area (Å²) in [7, 11) is 0. The minimum Gasteiger partial charge on any atom is -0.493 e. The Labute approximate surface area is 172 Å². The average Bonchev–Trinajstić information content (AvgIpc) is 2.66. The number of carbonyl (C=O) groups is 2. The second-order valence-corrected chi connectivity index (χ2v) is 6.67. The van der Waals surface area contributed by atoms with Crippen molar-refractivity contribution in [3.8, 4) is 11.5 Å². The average molecular weight is 424 g/mol. The SMILES string of the molecule is CCOc1ccc(NC(=O)C(C)C)cc1C(=O)NCc1cccc(OC(F)(F)F)c1. The topological polar surface area (TPSA) is 76.7 Å². The maximum Gasteiger partial charge on any atom is 0.573 e. The summed E-state index contributed by atoms with van der Waals surface area (Å²) in [6, 6.07) is 10.0. The lowest BCUT2D eigenvalue weighted by Crippen LogP contribution is -2.24. The molecule has 6 nitrogen and oxygen atoms in total. The fourth-order valence-electron chi connectivity index (χ4n) is 2.48. The maximum atomic E-state index is 12.7. The Hall–Kier alpha value is -3.23. The second-order valence-electron chi connectivity index (χ2n) is 6.67. The van der Waals surface area contributed by atoms with Crippen LogP contribution in [-0.2, 0) is 11.3 Å². The highest BCUT2D eigenvalue weighted by Crippen LogP contribution is 2.25. The number of benzene rings is 2. The number of hydrogen-bond acceptors (Lipinski definition) is 4. The molecule has 0 saturated carbocycles. The fraction of sp³-hybridized carbons (Fsp3) is 0.333. The van der Waals surface area contributed by atoms with Gasteiger partial charge in [0.2, 0.25) is 5.91 Å². The first kappa shape index (κ1) is 23.1. The Balaban J connectivity index is 2.15. The van der Waals surface area contributed by atoms with Gasteiger partial charge in [-0.3, -0.25) is 9.59 Å². The zero-order chi connectivity index (χ0) is 22.3. The number of rotatable bonds is 8. The van der Waals surface area contributed by atoms with E-state index in [0.29, 0.717) is 23.6 Å². The van der Waals surface area contributed by atoms with Gasteiger partial charge in [-0.25, -0.2) is 0 Å². The van der Waals surface area contributed by atoms with Gasteiger partial charge in [0.1, 0.15) is 11.5 Å². The normalized spacial score (nSPS) is 11.2. The quantitative estimate of drug-likeness (QED) is 0.654. The van der Waals surface area contributed by atoms with Gasteiger partial charge in [-0.15, -0.1) is 13.2 Å². The molecule has 0 aliphatic carbocycles. The molecule has 0 unspecified atom stereocenters. The van der Waals surface area contributed by atoms with Crippen molar-refractivity contribution in [1.82, 2.24) is 5.32 Å². The first-order valence-corrected chi connectivity index (χ1v) is 9.29. The Kier molecular flexibility index (Phi) is 7.68. The fourth-order valence-corrected chi connectivity index (χ4v) is 2.48. The number of carbonyl (C=O) groups excluding carboxylic acids is 2. The van der Waals surface area contributed by atoms with Gasteiger partial charge < -0.3 is 20.1 Å². The van der Waals surface area contributed by atoms with E-state index in [2.05, 4.69) is 15.4 Å². The molecule has 0 spiro atoms. The molecule has 2 aromatic rings. The predicted molar refractivity (Wildman–Crippen MR) is 105 cm³/mol. The largest absolute Gasteiger partial charge is 0.573 e. The molecule has 9 heteroatoms. The molecule has 30 heavy (non-hydrogen) atoms. The molecule has 0 saturated heterocycles. The van der Waals surface area contributed by atoms with Crippen LogP contribution in [0.2, 0.25) is 0 Å². The molecular formula is C21H23F3N2O4. The van der Waals surface area contributed by atoms with Crippen LogP contribution in [0.3, 0.4) is 0 Å². The Bertz CT molecular complexity index is 898. The summed E-state index contributed by atoms with van der Waals surface area (Å²) in [5, 5.41) is 5.35. The van der Waals surface area contributed by atoms with E-state index in [-0.39, 0.29) is 29.7 Å². The number of amides is 2. The molecule has 162 valence electrons. The molecule has 2 aromatic carbocycles. The van der Waals surface area contributed by atoms with E-state index in [9.17, 15) is 22.8 Å². The lowest BCUT2D eigenvalue weighted by atomic mass is 10.1. The highest BCUT2D eigenvalue weighted by molar-refractivity contribution is 5.99. The monoisotopic (exact) mass is 424 g/mol. The Morgan fingerprint density at radius 2 is 1.83 bits per heavy atom. The maximum absolute atomic E-state index is 12.7. The van der Waals surface area contributed by atoms with Gasteiger partial charge in [0.15, 0.2) is 0 Å². The number of nitrogens with one attached hydrogen (secondary N) is 2. The van der Waals surface area contributed by atoms with E-state index in [1.54, 1.807) is 39.0 Å². The number of ether oxygens (including phenoxy) is 2. The molecule has 0 aromatic heterocycles. The first-order valence-electron chi connectivity index (χ1n) is 9.29. The standard InChI is InChI=1S/C21H23F3N2O4/c1-4-29-18-9-8-15(26-19(27)13(2)3)11-17(18)20(28)25-12-14-6-5-7-16(10-14)30-21(22,23)24/h5-11,13H,4,12H2,1-3H3,(H,25,28)(H,26,27). The molecule has 0 bridgehead atoms. The van der Waals surface area contributed by atoms with Gasteiger partial charge in [-0.05, 0) is 42.8 Å². The molecule has 0 atom stereocenters. The zero-order valence-corrected chi connectivity index (χ0v) is 16.8. The zero-order valence-electron chi connectivity index (χ0n) is 16.8. The van der Waals surface area contributed by atoms with Gasteiger partial charge in [0.25, 0.3) is 5.91 Å². The summed E-state index contributed by atoms with van der Waals surface area (Å²) in [6.45, 7) is 5.56. The Morgan fingerprint density at radius 3 is 2.47 bits per heavy atom. The molecule has 0 aliphatic heterocycles. The van der Waals surface area contributed by atoms with Gasteiger partial charge in [0.05, 0.1) is 12.2 Å². The number of halogens is 3. The van der Waals surface area contributed by atoms with Crippen LogP contribution >= 0.6 is 0 Å². The van der Waals surface area contributed by atoms with Crippen molar-refractivity contribution in [3.05, 3.63) is 53.6 Å². The smallest absolute Gasteiger partial charge is 0.493 e. The second kappa shape index (κ2) is 10.00. The predicted octanol–water partition coefficient (Wildman–Crippen LogP) is 4.51. The molecule has 2 N–H and O–H groups in total. The van der Waals surface area contributed by atoms with E-state index in [0.717, 1.165) is 0 Å². The van der Waals surface area contributed by atoms with Crippen molar-refractivity contribution in [2.75, 3.05) is 11.9 Å². The summed E-state index contributed by atoms with van der Waals surface area (Å²) < 4.78 is 46.5. The number of alkyl halides is 3. The van der Waals surface area contributed by atoms with Crippen LogP contribution in [0.1, 0.15) is 36.7 Å². The van der Waals surface area contributed by atoms with Gasteiger partial charge in [0, 0.05) is 18.2 Å². The highest BCUT2D eigenvalue weighted by atomic mass is 19.4. The van der Waals surface area contributed by atoms with Crippen molar-refractivity contribution in [1.29, 1.82) is 0 Å². The van der Waals surface area contributed by atoms with Crippen molar-refractivity contribution >= 4 is 17.5 Å². The van der Waals surface area contributed by atoms with Crippen LogP contribution in [0.5, 0.6) is 11.5 Å². The summed E-state index contributed by atoms with van der Waals surface area (Å²) >= 11 is 0. The summed E-state index contributed by atoms with van der Waals surface area (Å²) in [6.07, 6.45) is -4.80. The minimum absolute atomic E-state index is 0.0258. The molecule has 0 heterocycles. The molecule has 0 radical (unpaired) electrons. The number of hydrogen-bond donors (Lipinski definition) is 2. The lowest BCUT2D eigenvalue weighted by molar-refractivity contribution is -0.274. The van der Waals surface area contributed by atoms with Crippen molar-refractivity contribution in [3.63, 3.8) is 0 Å². The molecule has 2 rings (SSSR count). The first-order chi connectivity index (χ1) is 14.1. The molecule has 0 aliphatic rings. The van der Waals surface area contributed by atoms with E-state index < -0.39 is 12.3 Å².